The van der Waals surface area contributed by atoms with E-state index >= 15 is 0 Å². The van der Waals surface area contributed by atoms with E-state index in [-0.39, 0.29) is 5.78 Å². The Balaban J connectivity index is 1.60. The van der Waals surface area contributed by atoms with Crippen molar-refractivity contribution in [3.05, 3.63) is 60.2 Å². The lowest BCUT2D eigenvalue weighted by Crippen LogP contribution is -2.03. The Bertz CT molecular complexity index is 997. The van der Waals surface area contributed by atoms with E-state index in [0.29, 0.717) is 22.1 Å². The predicted octanol–water partition coefficient (Wildman–Crippen LogP) is 3.48. The van der Waals surface area contributed by atoms with E-state index in [0.717, 1.165) is 16.4 Å². The Morgan fingerprint density at radius 2 is 1.78 bits per heavy atom. The normalized spacial score (nSPS) is 11.1. The van der Waals surface area contributed by atoms with Gasteiger partial charge in [-0.05, 0) is 6.07 Å². The van der Waals surface area contributed by atoms with Crippen molar-refractivity contribution in [1.29, 1.82) is 0 Å². The number of carbonyl (C=O) groups excluding carboxylic acids is 1. The van der Waals surface area contributed by atoms with Gasteiger partial charge >= 0.3 is 0 Å². The molecule has 4 aromatic rings. The second-order valence-corrected chi connectivity index (χ2v) is 5.98. The van der Waals surface area contributed by atoms with Gasteiger partial charge in [-0.2, -0.15) is 0 Å². The van der Waals surface area contributed by atoms with Crippen LogP contribution in [0.25, 0.3) is 22.1 Å². The number of hydrogen-bond acceptors (Lipinski definition) is 5. The molecule has 0 saturated heterocycles. The number of aromatic amines is 1. The SMILES string of the molecule is O=C(CSc1nnc2[nH]c3ccccc3c2n1)c1ccccc1. The number of para-hydroxylation sites is 1. The van der Waals surface area contributed by atoms with Gasteiger partial charge in [0.05, 0.1) is 5.75 Å². The molecule has 5 nitrogen and oxygen atoms in total. The summed E-state index contributed by atoms with van der Waals surface area (Å²) in [5, 5.41) is 9.77. The number of carbonyl (C=O) groups is 1. The average Bonchev–Trinajstić information content (AvgIpc) is 2.98. The highest BCUT2D eigenvalue weighted by molar-refractivity contribution is 7.99. The zero-order valence-electron chi connectivity index (χ0n) is 12.1. The molecule has 4 rings (SSSR count). The molecule has 0 radical (unpaired) electrons. The van der Waals surface area contributed by atoms with E-state index in [2.05, 4.69) is 20.2 Å². The smallest absolute Gasteiger partial charge is 0.210 e. The maximum absolute atomic E-state index is 12.1. The van der Waals surface area contributed by atoms with E-state index < -0.39 is 0 Å². The van der Waals surface area contributed by atoms with E-state index in [9.17, 15) is 4.79 Å². The molecular formula is C17H12N4OS. The van der Waals surface area contributed by atoms with Crippen LogP contribution in [0.3, 0.4) is 0 Å². The lowest BCUT2D eigenvalue weighted by atomic mass is 10.2. The molecule has 0 fully saturated rings. The molecule has 0 aliphatic rings. The largest absolute Gasteiger partial charge is 0.336 e. The molecule has 0 saturated carbocycles. The minimum Gasteiger partial charge on any atom is -0.336 e. The summed E-state index contributed by atoms with van der Waals surface area (Å²) in [7, 11) is 0. The number of rotatable bonds is 4. The predicted molar refractivity (Wildman–Crippen MR) is 90.7 cm³/mol. The summed E-state index contributed by atoms with van der Waals surface area (Å²) in [4.78, 5) is 19.9. The van der Waals surface area contributed by atoms with Crippen LogP contribution >= 0.6 is 11.8 Å². The highest BCUT2D eigenvalue weighted by Gasteiger charge is 2.11. The molecule has 1 N–H and O–H groups in total. The Hall–Kier alpha value is -2.73. The van der Waals surface area contributed by atoms with Gasteiger partial charge < -0.3 is 4.98 Å². The van der Waals surface area contributed by atoms with Crippen LogP contribution in [0.15, 0.2) is 59.8 Å². The highest BCUT2D eigenvalue weighted by atomic mass is 32.2. The van der Waals surface area contributed by atoms with Crippen molar-refractivity contribution >= 4 is 39.6 Å². The molecule has 0 unspecified atom stereocenters. The van der Waals surface area contributed by atoms with Crippen molar-refractivity contribution < 1.29 is 4.79 Å². The number of H-pyrrole nitrogens is 1. The number of Topliss-reactive ketones (excluding diaryl/α,β-unsaturated/α-hetero) is 1. The van der Waals surface area contributed by atoms with Gasteiger partial charge in [-0.15, -0.1) is 10.2 Å². The third-order valence-corrected chi connectivity index (χ3v) is 4.37. The number of hydrogen-bond donors (Lipinski definition) is 1. The fourth-order valence-corrected chi connectivity index (χ4v) is 3.09. The molecular weight excluding hydrogens is 308 g/mol. The van der Waals surface area contributed by atoms with Gasteiger partial charge in [-0.3, -0.25) is 4.79 Å². The second-order valence-electron chi connectivity index (χ2n) is 5.04. The van der Waals surface area contributed by atoms with Crippen molar-refractivity contribution in [2.24, 2.45) is 0 Å². The third-order valence-electron chi connectivity index (χ3n) is 3.53. The van der Waals surface area contributed by atoms with Gasteiger partial charge in [0, 0.05) is 16.5 Å². The van der Waals surface area contributed by atoms with E-state index in [1.54, 1.807) is 0 Å². The van der Waals surface area contributed by atoms with Crippen molar-refractivity contribution in [3.63, 3.8) is 0 Å². The monoisotopic (exact) mass is 320 g/mol. The zero-order valence-corrected chi connectivity index (χ0v) is 12.9. The molecule has 0 bridgehead atoms. The number of thioether (sulfide) groups is 1. The maximum Gasteiger partial charge on any atom is 0.210 e. The minimum atomic E-state index is 0.0539. The molecule has 0 aliphatic carbocycles. The van der Waals surface area contributed by atoms with Crippen molar-refractivity contribution in [3.8, 4) is 0 Å². The molecule has 112 valence electrons. The Morgan fingerprint density at radius 3 is 2.65 bits per heavy atom. The molecule has 0 aliphatic heterocycles. The Labute approximate surface area is 136 Å². The Kier molecular flexibility index (Phi) is 3.51. The first-order valence-electron chi connectivity index (χ1n) is 7.13. The van der Waals surface area contributed by atoms with Gasteiger partial charge in [0.1, 0.15) is 5.52 Å². The van der Waals surface area contributed by atoms with Crippen LogP contribution in [-0.2, 0) is 0 Å². The number of aromatic nitrogens is 4. The molecule has 6 heteroatoms. The van der Waals surface area contributed by atoms with Crippen molar-refractivity contribution in [1.82, 2.24) is 20.2 Å². The summed E-state index contributed by atoms with van der Waals surface area (Å²) in [6, 6.07) is 17.1. The quantitative estimate of drug-likeness (QED) is 0.460. The molecule has 2 aromatic heterocycles. The molecule has 0 spiro atoms. The van der Waals surface area contributed by atoms with Crippen LogP contribution < -0.4 is 0 Å². The van der Waals surface area contributed by atoms with Crippen LogP contribution in [0.1, 0.15) is 10.4 Å². The van der Waals surface area contributed by atoms with Crippen LogP contribution in [0.4, 0.5) is 0 Å². The molecule has 0 amide bonds. The van der Waals surface area contributed by atoms with Gasteiger partial charge in [0.25, 0.3) is 0 Å². The van der Waals surface area contributed by atoms with E-state index in [4.69, 9.17) is 0 Å². The number of fused-ring (bicyclic) bond motifs is 3. The van der Waals surface area contributed by atoms with Gasteiger partial charge in [-0.25, -0.2) is 4.98 Å². The van der Waals surface area contributed by atoms with Crippen LogP contribution in [0, 0.1) is 0 Å². The number of benzene rings is 2. The van der Waals surface area contributed by atoms with Gasteiger partial charge in [0.2, 0.25) is 5.16 Å². The summed E-state index contributed by atoms with van der Waals surface area (Å²) in [6.07, 6.45) is 0. The van der Waals surface area contributed by atoms with Crippen LogP contribution in [0.2, 0.25) is 0 Å². The molecule has 0 atom stereocenters. The van der Waals surface area contributed by atoms with Crippen molar-refractivity contribution in [2.45, 2.75) is 5.16 Å². The first kappa shape index (κ1) is 13.9. The Morgan fingerprint density at radius 1 is 1.00 bits per heavy atom. The molecule has 2 aromatic carbocycles. The summed E-state index contributed by atoms with van der Waals surface area (Å²) in [5.41, 5.74) is 3.11. The van der Waals surface area contributed by atoms with Crippen molar-refractivity contribution in [2.75, 3.05) is 5.75 Å². The van der Waals surface area contributed by atoms with Crippen LogP contribution in [-0.4, -0.2) is 31.7 Å². The number of ketones is 1. The lowest BCUT2D eigenvalue weighted by Gasteiger charge is -2.00. The van der Waals surface area contributed by atoms with Crippen LogP contribution in [0.5, 0.6) is 0 Å². The highest BCUT2D eigenvalue weighted by Crippen LogP contribution is 2.23. The summed E-state index contributed by atoms with van der Waals surface area (Å²) >= 11 is 1.30. The number of nitrogens with zero attached hydrogens (tertiary/aromatic N) is 3. The zero-order chi connectivity index (χ0) is 15.6. The lowest BCUT2D eigenvalue weighted by molar-refractivity contribution is 0.102. The first-order valence-corrected chi connectivity index (χ1v) is 8.12. The summed E-state index contributed by atoms with van der Waals surface area (Å²) in [5.74, 6) is 0.345. The molecule has 2 heterocycles. The second kappa shape index (κ2) is 5.81. The average molecular weight is 320 g/mol. The van der Waals surface area contributed by atoms with Gasteiger partial charge in [0.15, 0.2) is 11.4 Å². The maximum atomic E-state index is 12.1. The topological polar surface area (TPSA) is 71.5 Å². The fraction of sp³-hybridized carbons (Fsp3) is 0.0588. The summed E-state index contributed by atoms with van der Waals surface area (Å²) in [6.45, 7) is 0. The summed E-state index contributed by atoms with van der Waals surface area (Å²) < 4.78 is 0. The van der Waals surface area contributed by atoms with Gasteiger partial charge in [-0.1, -0.05) is 60.3 Å². The minimum absolute atomic E-state index is 0.0539. The first-order chi connectivity index (χ1) is 11.3. The standard InChI is InChI=1S/C17H12N4OS/c22-14(11-6-2-1-3-7-11)10-23-17-19-15-12-8-4-5-9-13(12)18-16(15)20-21-17/h1-9H,10H2,(H,18,20). The van der Waals surface area contributed by atoms with E-state index in [1.807, 2.05) is 54.6 Å². The fourth-order valence-electron chi connectivity index (χ4n) is 2.41. The van der Waals surface area contributed by atoms with E-state index in [1.165, 1.54) is 11.8 Å². The number of nitrogens with one attached hydrogen (secondary N) is 1. The third kappa shape index (κ3) is 2.68. The molecule has 23 heavy (non-hydrogen) atoms.